The highest BCUT2D eigenvalue weighted by atomic mass is 14.9. The molecule has 31 heavy (non-hydrogen) atoms. The first kappa shape index (κ1) is 32.5. The molecule has 2 aliphatic carbocycles. The van der Waals surface area contributed by atoms with Crippen LogP contribution in [0, 0.1) is 28.1 Å². The Hall–Kier alpha value is -0.720. The van der Waals surface area contributed by atoms with Crippen molar-refractivity contribution in [2.24, 2.45) is 28.1 Å². The Labute approximate surface area is 198 Å². The van der Waals surface area contributed by atoms with Gasteiger partial charge in [-0.15, -0.1) is 0 Å². The van der Waals surface area contributed by atoms with E-state index in [0.29, 0.717) is 16.2 Å². The number of hydrogen-bond acceptors (Lipinski definition) is 1. The smallest absolute Gasteiger partial charge is 0.0115 e. The van der Waals surface area contributed by atoms with E-state index in [2.05, 4.69) is 80.4 Å². The molecular weight excluding hydrogens is 374 g/mol. The monoisotopic (exact) mass is 435 g/mol. The molecule has 1 aliphatic heterocycles. The molecule has 3 aliphatic rings. The fourth-order valence-corrected chi connectivity index (χ4v) is 4.76. The van der Waals surface area contributed by atoms with Gasteiger partial charge in [0.05, 0.1) is 0 Å². The predicted molar refractivity (Wildman–Crippen MR) is 145 cm³/mol. The van der Waals surface area contributed by atoms with Gasteiger partial charge in [-0.25, -0.2) is 0 Å². The molecule has 1 nitrogen and oxygen atoms in total. The second-order valence-corrected chi connectivity index (χ2v) is 12.9. The average molecular weight is 436 g/mol. The lowest BCUT2D eigenvalue weighted by Crippen LogP contribution is -2.22. The molecule has 0 aromatic carbocycles. The minimum Gasteiger partial charge on any atom is -0.365 e. The number of rotatable bonds is 0. The molecule has 2 saturated carbocycles. The first-order valence-electron chi connectivity index (χ1n) is 12.3. The van der Waals surface area contributed by atoms with E-state index in [0.717, 1.165) is 24.0 Å². The van der Waals surface area contributed by atoms with Crippen molar-refractivity contribution >= 4 is 0 Å². The molecule has 0 aromatic rings. The maximum Gasteiger partial charge on any atom is 0.0115 e. The summed E-state index contributed by atoms with van der Waals surface area (Å²) < 4.78 is 0. The van der Waals surface area contributed by atoms with Crippen LogP contribution in [0.2, 0.25) is 0 Å². The van der Waals surface area contributed by atoms with E-state index < -0.39 is 0 Å². The van der Waals surface area contributed by atoms with Gasteiger partial charge < -0.3 is 5.32 Å². The van der Waals surface area contributed by atoms with E-state index in [1.54, 1.807) is 0 Å². The molecule has 0 saturated heterocycles. The Morgan fingerprint density at radius 2 is 1.03 bits per heavy atom. The Balaban J connectivity index is 0. The zero-order chi connectivity index (χ0) is 22.3. The van der Waals surface area contributed by atoms with Gasteiger partial charge in [0.1, 0.15) is 0 Å². The molecular formula is C30H61N. The van der Waals surface area contributed by atoms with Gasteiger partial charge in [0.15, 0.2) is 0 Å². The van der Waals surface area contributed by atoms with Crippen LogP contribution in [0.15, 0.2) is 24.0 Å². The van der Waals surface area contributed by atoms with Gasteiger partial charge in [0, 0.05) is 18.3 Å². The van der Waals surface area contributed by atoms with Crippen LogP contribution in [0.5, 0.6) is 0 Å². The molecule has 0 radical (unpaired) electrons. The summed E-state index contributed by atoms with van der Waals surface area (Å²) in [6, 6.07) is 0. The minimum atomic E-state index is 0. The van der Waals surface area contributed by atoms with Crippen LogP contribution in [0.3, 0.4) is 0 Å². The lowest BCUT2D eigenvalue weighted by atomic mass is 9.72. The van der Waals surface area contributed by atoms with E-state index in [-0.39, 0.29) is 14.9 Å². The van der Waals surface area contributed by atoms with Crippen molar-refractivity contribution in [2.45, 2.75) is 141 Å². The van der Waals surface area contributed by atoms with E-state index in [1.165, 1.54) is 63.4 Å². The molecule has 1 heteroatoms. The summed E-state index contributed by atoms with van der Waals surface area (Å²) in [7, 11) is 0. The zero-order valence-corrected chi connectivity index (χ0v) is 21.5. The van der Waals surface area contributed by atoms with Crippen molar-refractivity contribution in [1.29, 1.82) is 0 Å². The maximum atomic E-state index is 3.85. The van der Waals surface area contributed by atoms with Crippen LogP contribution in [0.1, 0.15) is 141 Å². The van der Waals surface area contributed by atoms with Crippen LogP contribution in [-0.2, 0) is 0 Å². The van der Waals surface area contributed by atoms with Gasteiger partial charge in [-0.2, -0.15) is 0 Å². The number of nitrogens with one attached hydrogen (secondary N) is 1. The van der Waals surface area contributed by atoms with Crippen molar-refractivity contribution in [3.05, 3.63) is 24.0 Å². The summed E-state index contributed by atoms with van der Waals surface area (Å²) in [5, 5.41) is 3.12. The minimum absolute atomic E-state index is 0. The maximum absolute atomic E-state index is 3.85. The Bertz CT molecular complexity index is 506. The third-order valence-corrected chi connectivity index (χ3v) is 7.23. The van der Waals surface area contributed by atoms with Gasteiger partial charge in [0.2, 0.25) is 0 Å². The number of allylic oxidation sites excluding steroid dienone is 1. The molecule has 1 heterocycles. The van der Waals surface area contributed by atoms with E-state index in [1.807, 2.05) is 0 Å². The van der Waals surface area contributed by atoms with Crippen LogP contribution in [0.4, 0.5) is 0 Å². The molecule has 186 valence electrons. The molecule has 0 spiro atoms. The van der Waals surface area contributed by atoms with E-state index >= 15 is 0 Å². The molecule has 0 atom stereocenters. The highest BCUT2D eigenvalue weighted by molar-refractivity contribution is 5.24. The van der Waals surface area contributed by atoms with Crippen molar-refractivity contribution in [3.63, 3.8) is 0 Å². The summed E-state index contributed by atoms with van der Waals surface area (Å²) in [5.41, 5.74) is 4.01. The molecule has 1 N–H and O–H groups in total. The standard InChI is InChI=1S/C10H20.C9H15N.C9H18.2CH4/c1-10(2,3)9-7-5-4-6-8-9;1-7-5-8(6-10-7)9(2,3)4;1-9(2,3)8-6-4-5-7-8;;/h9H,4-8H2,1-3H3;6,10H,1,5H2,2-4H3;8H,4-7H2,1-3H3;2*1H4. The zero-order valence-electron chi connectivity index (χ0n) is 21.5. The fraction of sp³-hybridized carbons (Fsp3) is 0.867. The first-order valence-corrected chi connectivity index (χ1v) is 12.3. The molecule has 0 bridgehead atoms. The van der Waals surface area contributed by atoms with E-state index in [4.69, 9.17) is 0 Å². The largest absolute Gasteiger partial charge is 0.365 e. The average Bonchev–Trinajstić information content (AvgIpc) is 3.26. The highest BCUT2D eigenvalue weighted by Crippen LogP contribution is 2.39. The van der Waals surface area contributed by atoms with Crippen molar-refractivity contribution < 1.29 is 0 Å². The second kappa shape index (κ2) is 13.7. The van der Waals surface area contributed by atoms with Gasteiger partial charge in [-0.3, -0.25) is 0 Å². The predicted octanol–water partition coefficient (Wildman–Crippen LogP) is 10.5. The number of hydrogen-bond donors (Lipinski definition) is 1. The molecule has 0 amide bonds. The lowest BCUT2D eigenvalue weighted by molar-refractivity contribution is 0.180. The van der Waals surface area contributed by atoms with Gasteiger partial charge in [0.25, 0.3) is 0 Å². The van der Waals surface area contributed by atoms with Gasteiger partial charge >= 0.3 is 0 Å². The molecule has 2 fully saturated rings. The Morgan fingerprint density at radius 1 is 0.677 bits per heavy atom. The highest BCUT2D eigenvalue weighted by Gasteiger charge is 2.27. The van der Waals surface area contributed by atoms with Gasteiger partial charge in [-0.1, -0.05) is 116 Å². The third-order valence-electron chi connectivity index (χ3n) is 7.23. The Kier molecular flexibility index (Phi) is 14.4. The fourth-order valence-electron chi connectivity index (χ4n) is 4.76. The Morgan fingerprint density at radius 3 is 1.23 bits per heavy atom. The summed E-state index contributed by atoms with van der Waals surface area (Å²) in [5.74, 6) is 2.01. The van der Waals surface area contributed by atoms with Crippen molar-refractivity contribution in [2.75, 3.05) is 0 Å². The lowest BCUT2D eigenvalue weighted by Gasteiger charge is -2.33. The summed E-state index contributed by atoms with van der Waals surface area (Å²) >= 11 is 0. The molecule has 0 unspecified atom stereocenters. The van der Waals surface area contributed by atoms with Crippen molar-refractivity contribution in [1.82, 2.24) is 5.32 Å². The van der Waals surface area contributed by atoms with Crippen LogP contribution in [-0.4, -0.2) is 0 Å². The normalized spacial score (nSPS) is 20.2. The van der Waals surface area contributed by atoms with Crippen LogP contribution in [0.25, 0.3) is 0 Å². The summed E-state index contributed by atoms with van der Waals surface area (Å²) in [6.07, 6.45) is 16.4. The van der Waals surface area contributed by atoms with Crippen LogP contribution >= 0.6 is 0 Å². The molecule has 0 aromatic heterocycles. The first-order chi connectivity index (χ1) is 13.2. The third kappa shape index (κ3) is 12.8. The molecule has 3 rings (SSSR count). The van der Waals surface area contributed by atoms with Crippen LogP contribution < -0.4 is 5.32 Å². The topological polar surface area (TPSA) is 12.0 Å². The summed E-state index contributed by atoms with van der Waals surface area (Å²) in [6.45, 7) is 24.7. The quantitative estimate of drug-likeness (QED) is 0.399. The SMILES string of the molecule is C.C.C=C1CC(C(C)(C)C)=CN1.CC(C)(C)C1CCCC1.CC(C)(C)C1CCCCC1. The summed E-state index contributed by atoms with van der Waals surface area (Å²) in [4.78, 5) is 0. The van der Waals surface area contributed by atoms with Gasteiger partial charge in [-0.05, 0) is 59.3 Å². The van der Waals surface area contributed by atoms with E-state index in [9.17, 15) is 0 Å². The second-order valence-electron chi connectivity index (χ2n) is 12.9. The van der Waals surface area contributed by atoms with Crippen molar-refractivity contribution in [3.8, 4) is 0 Å².